The Balaban J connectivity index is 2.05. The zero-order valence-electron chi connectivity index (χ0n) is 14.5. The molecule has 1 atom stereocenters. The molecular weight excluding hydrogens is 328 g/mol. The fourth-order valence-electron chi connectivity index (χ4n) is 2.63. The molecule has 0 heterocycles. The summed E-state index contributed by atoms with van der Waals surface area (Å²) in [6, 6.07) is 21.0. The van der Waals surface area contributed by atoms with Crippen LogP contribution in [0.4, 0.5) is 0 Å². The van der Waals surface area contributed by atoms with Crippen LogP contribution in [0, 0.1) is 11.3 Å². The van der Waals surface area contributed by atoms with Crippen molar-refractivity contribution in [1.82, 2.24) is 4.90 Å². The van der Waals surface area contributed by atoms with Crippen LogP contribution in [0.15, 0.2) is 60.7 Å². The topological polar surface area (TPSA) is 81.4 Å². The molecule has 0 saturated carbocycles. The van der Waals surface area contributed by atoms with Gasteiger partial charge in [-0.15, -0.1) is 0 Å². The molecule has 26 heavy (non-hydrogen) atoms. The molecule has 1 unspecified atom stereocenters. The molecule has 0 bridgehead atoms. The molecular formula is C21H22N2O3. The molecule has 0 radical (unpaired) electrons. The molecule has 5 nitrogen and oxygen atoms in total. The van der Waals surface area contributed by atoms with Crippen LogP contribution in [-0.4, -0.2) is 27.8 Å². The first kappa shape index (κ1) is 19.4. The Hall–Kier alpha value is -2.97. The number of carbonyl (C=O) groups excluding carboxylic acids is 2. The molecule has 2 aromatic carbocycles. The number of nitrogens with zero attached hydrogens (tertiary/aromatic N) is 2. The zero-order valence-corrected chi connectivity index (χ0v) is 14.5. The molecule has 0 aliphatic heterocycles. The lowest BCUT2D eigenvalue weighted by Gasteiger charge is -2.23. The molecule has 1 amide bonds. The highest BCUT2D eigenvalue weighted by Crippen LogP contribution is 2.13. The minimum atomic E-state index is -1.02. The number of ketones is 1. The zero-order chi connectivity index (χ0) is 18.8. The van der Waals surface area contributed by atoms with Crippen molar-refractivity contribution in [1.29, 1.82) is 5.26 Å². The number of benzene rings is 2. The van der Waals surface area contributed by atoms with E-state index in [1.54, 1.807) is 4.90 Å². The first-order valence-electron chi connectivity index (χ1n) is 8.51. The summed E-state index contributed by atoms with van der Waals surface area (Å²) >= 11 is 0. The number of nitriles is 1. The van der Waals surface area contributed by atoms with Crippen molar-refractivity contribution in [2.75, 3.05) is 0 Å². The lowest BCUT2D eigenvalue weighted by molar-refractivity contribution is -0.136. The van der Waals surface area contributed by atoms with E-state index >= 15 is 0 Å². The van der Waals surface area contributed by atoms with E-state index in [9.17, 15) is 14.7 Å². The number of Topliss-reactive ketones (excluding diaryl/α,β-unsaturated/α-hetero) is 1. The average molecular weight is 350 g/mol. The van der Waals surface area contributed by atoms with Crippen LogP contribution in [0.2, 0.25) is 0 Å². The van der Waals surface area contributed by atoms with Crippen LogP contribution in [0.1, 0.15) is 30.4 Å². The first-order chi connectivity index (χ1) is 12.6. The Labute approximate surface area is 153 Å². The van der Waals surface area contributed by atoms with Crippen molar-refractivity contribution >= 4 is 11.7 Å². The summed E-state index contributed by atoms with van der Waals surface area (Å²) in [7, 11) is 0. The summed E-state index contributed by atoms with van der Waals surface area (Å²) in [4.78, 5) is 26.3. The largest absolute Gasteiger partial charge is 0.392 e. The maximum atomic E-state index is 12.7. The molecule has 0 saturated heterocycles. The summed E-state index contributed by atoms with van der Waals surface area (Å²) < 4.78 is 0. The number of rotatable bonds is 9. The van der Waals surface area contributed by atoms with Gasteiger partial charge >= 0.3 is 0 Å². The lowest BCUT2D eigenvalue weighted by Crippen LogP contribution is -2.32. The van der Waals surface area contributed by atoms with E-state index in [2.05, 4.69) is 0 Å². The number of amides is 1. The van der Waals surface area contributed by atoms with Gasteiger partial charge in [0, 0.05) is 19.5 Å². The number of aliphatic hydroxyl groups excluding tert-OH is 1. The van der Waals surface area contributed by atoms with E-state index < -0.39 is 6.10 Å². The van der Waals surface area contributed by atoms with Crippen molar-refractivity contribution < 1.29 is 14.7 Å². The summed E-state index contributed by atoms with van der Waals surface area (Å²) in [5.74, 6) is -0.643. The van der Waals surface area contributed by atoms with Gasteiger partial charge in [-0.3, -0.25) is 9.59 Å². The molecule has 5 heteroatoms. The fourth-order valence-corrected chi connectivity index (χ4v) is 2.63. The molecule has 0 aromatic heterocycles. The third-order valence-electron chi connectivity index (χ3n) is 3.92. The normalized spacial score (nSPS) is 11.4. The molecule has 0 aliphatic carbocycles. The molecule has 2 rings (SSSR count). The van der Waals surface area contributed by atoms with Crippen molar-refractivity contribution in [2.24, 2.45) is 0 Å². The highest BCUT2D eigenvalue weighted by molar-refractivity contribution is 5.98. The van der Waals surface area contributed by atoms with Crippen molar-refractivity contribution in [3.63, 3.8) is 0 Å². The minimum Gasteiger partial charge on any atom is -0.392 e. The van der Waals surface area contributed by atoms with E-state index in [0.29, 0.717) is 13.1 Å². The van der Waals surface area contributed by atoms with Gasteiger partial charge in [-0.2, -0.15) is 5.26 Å². The van der Waals surface area contributed by atoms with Gasteiger partial charge in [0.15, 0.2) is 0 Å². The average Bonchev–Trinajstić information content (AvgIpc) is 2.63. The molecule has 0 aliphatic rings. The first-order valence-corrected chi connectivity index (χ1v) is 8.51. The third-order valence-corrected chi connectivity index (χ3v) is 3.92. The van der Waals surface area contributed by atoms with E-state index in [-0.39, 0.29) is 31.0 Å². The van der Waals surface area contributed by atoms with Gasteiger partial charge in [-0.1, -0.05) is 60.7 Å². The second kappa shape index (κ2) is 10.1. The van der Waals surface area contributed by atoms with E-state index in [1.165, 1.54) is 0 Å². The van der Waals surface area contributed by atoms with Crippen LogP contribution in [-0.2, 0) is 22.7 Å². The molecule has 1 N–H and O–H groups in total. The highest BCUT2D eigenvalue weighted by Gasteiger charge is 2.20. The Morgan fingerprint density at radius 2 is 1.46 bits per heavy atom. The molecule has 134 valence electrons. The van der Waals surface area contributed by atoms with Crippen molar-refractivity contribution in [3.05, 3.63) is 71.8 Å². The molecule has 0 fully saturated rings. The van der Waals surface area contributed by atoms with Gasteiger partial charge < -0.3 is 10.0 Å². The summed E-state index contributed by atoms with van der Waals surface area (Å²) in [6.07, 6.45) is -1.58. The summed E-state index contributed by atoms with van der Waals surface area (Å²) in [6.45, 7) is 0.811. The maximum absolute atomic E-state index is 12.7. The van der Waals surface area contributed by atoms with Gasteiger partial charge in [0.1, 0.15) is 5.78 Å². The van der Waals surface area contributed by atoms with Crippen LogP contribution in [0.5, 0.6) is 0 Å². The predicted molar refractivity (Wildman–Crippen MR) is 97.6 cm³/mol. The van der Waals surface area contributed by atoms with Crippen molar-refractivity contribution in [2.45, 2.75) is 38.5 Å². The number of aliphatic hydroxyl groups is 1. The summed E-state index contributed by atoms with van der Waals surface area (Å²) in [5, 5.41) is 18.1. The summed E-state index contributed by atoms with van der Waals surface area (Å²) in [5.41, 5.74) is 1.96. The Morgan fingerprint density at radius 3 is 1.92 bits per heavy atom. The van der Waals surface area contributed by atoms with Crippen LogP contribution >= 0.6 is 0 Å². The van der Waals surface area contributed by atoms with E-state index in [4.69, 9.17) is 5.26 Å². The smallest absolute Gasteiger partial charge is 0.230 e. The van der Waals surface area contributed by atoms with Crippen LogP contribution in [0.25, 0.3) is 0 Å². The monoisotopic (exact) mass is 350 g/mol. The lowest BCUT2D eigenvalue weighted by atomic mass is 10.1. The maximum Gasteiger partial charge on any atom is 0.230 e. The predicted octanol–water partition coefficient (Wildman–Crippen LogP) is 2.84. The molecule has 2 aromatic rings. The highest BCUT2D eigenvalue weighted by atomic mass is 16.3. The molecule has 0 spiro atoms. The second-order valence-electron chi connectivity index (χ2n) is 6.16. The van der Waals surface area contributed by atoms with Gasteiger partial charge in [0.25, 0.3) is 0 Å². The SMILES string of the molecule is N#CCC(O)CC(=O)CC(=O)N(Cc1ccccc1)Cc1ccccc1. The third kappa shape index (κ3) is 6.50. The fraction of sp³-hybridized carbons (Fsp3) is 0.286. The Morgan fingerprint density at radius 1 is 0.962 bits per heavy atom. The number of hydrogen-bond donors (Lipinski definition) is 1. The Kier molecular flexibility index (Phi) is 7.53. The second-order valence-corrected chi connectivity index (χ2v) is 6.16. The van der Waals surface area contributed by atoms with Gasteiger partial charge in [0.2, 0.25) is 5.91 Å². The van der Waals surface area contributed by atoms with Gasteiger partial charge in [0.05, 0.1) is 25.0 Å². The van der Waals surface area contributed by atoms with E-state index in [0.717, 1.165) is 11.1 Å². The number of carbonyl (C=O) groups is 2. The standard InChI is InChI=1S/C21H22N2O3/c22-12-11-19(24)13-20(25)14-21(26)23(15-17-7-3-1-4-8-17)16-18-9-5-2-6-10-18/h1-10,19,24H,11,13-16H2. The van der Waals surface area contributed by atoms with Gasteiger partial charge in [-0.05, 0) is 11.1 Å². The quantitative estimate of drug-likeness (QED) is 0.705. The Bertz CT molecular complexity index is 712. The number of hydrogen-bond acceptors (Lipinski definition) is 4. The van der Waals surface area contributed by atoms with Crippen LogP contribution in [0.3, 0.4) is 0 Å². The van der Waals surface area contributed by atoms with Gasteiger partial charge in [-0.25, -0.2) is 0 Å². The van der Waals surface area contributed by atoms with Crippen LogP contribution < -0.4 is 0 Å². The minimum absolute atomic E-state index is 0.113. The van der Waals surface area contributed by atoms with E-state index in [1.807, 2.05) is 66.7 Å². The van der Waals surface area contributed by atoms with Crippen molar-refractivity contribution in [3.8, 4) is 6.07 Å².